The van der Waals surface area contributed by atoms with E-state index in [0.29, 0.717) is 25.9 Å². The average Bonchev–Trinajstić information content (AvgIpc) is 2.98. The van der Waals surface area contributed by atoms with Crippen LogP contribution in [0.2, 0.25) is 0 Å². The number of methoxy groups -OCH3 is 1. The molecule has 1 heterocycles. The van der Waals surface area contributed by atoms with E-state index in [1.165, 1.54) is 7.11 Å². The van der Waals surface area contributed by atoms with Crippen LogP contribution < -0.4 is 4.72 Å². The van der Waals surface area contributed by atoms with Crippen molar-refractivity contribution < 1.29 is 22.7 Å². The van der Waals surface area contributed by atoms with Crippen molar-refractivity contribution in [1.29, 1.82) is 0 Å². The van der Waals surface area contributed by atoms with Crippen molar-refractivity contribution in [3.05, 3.63) is 0 Å². The Morgan fingerprint density at radius 1 is 1.32 bits per heavy atom. The molecule has 2 aliphatic rings. The third kappa shape index (κ3) is 3.09. The van der Waals surface area contributed by atoms with Crippen LogP contribution in [0.3, 0.4) is 0 Å². The lowest BCUT2D eigenvalue weighted by atomic mass is 10.1. The van der Waals surface area contributed by atoms with E-state index in [2.05, 4.69) is 4.72 Å². The molecule has 6 nitrogen and oxygen atoms in total. The zero-order valence-corrected chi connectivity index (χ0v) is 12.1. The second-order valence-electron chi connectivity index (χ2n) is 5.23. The number of carbonyl (C=O) groups is 1. The van der Waals surface area contributed by atoms with Gasteiger partial charge >= 0.3 is 5.97 Å². The number of ether oxygens (including phenoxy) is 2. The summed E-state index contributed by atoms with van der Waals surface area (Å²) >= 11 is 0. The maximum atomic E-state index is 12.4. The van der Waals surface area contributed by atoms with Crippen LogP contribution in [0, 0.1) is 5.92 Å². The lowest BCUT2D eigenvalue weighted by molar-refractivity contribution is -0.145. The Morgan fingerprint density at radius 2 is 2.05 bits per heavy atom. The zero-order chi connectivity index (χ0) is 14.0. The molecule has 0 spiro atoms. The van der Waals surface area contributed by atoms with Crippen LogP contribution in [0.25, 0.3) is 0 Å². The second kappa shape index (κ2) is 5.76. The van der Waals surface area contributed by atoms with Crippen molar-refractivity contribution in [3.63, 3.8) is 0 Å². The molecule has 1 aliphatic carbocycles. The summed E-state index contributed by atoms with van der Waals surface area (Å²) in [6.07, 6.45) is 2.39. The highest BCUT2D eigenvalue weighted by Crippen LogP contribution is 2.32. The summed E-state index contributed by atoms with van der Waals surface area (Å²) in [6, 6.07) is -0.191. The Balaban J connectivity index is 2.08. The molecule has 2 fully saturated rings. The molecule has 1 aliphatic heterocycles. The molecular formula is C12H21NO5S. The van der Waals surface area contributed by atoms with Gasteiger partial charge in [0, 0.05) is 12.6 Å². The number of nitrogens with one attached hydrogen (secondary N) is 1. The summed E-state index contributed by atoms with van der Waals surface area (Å²) in [5.74, 6) is -0.969. The molecule has 0 aromatic carbocycles. The standard InChI is InChI=1S/C12H21NO5S/c1-8-10(6-7-18-8)13-19(15,16)11-5-3-4-9(11)12(14)17-2/h8-11,13H,3-7H2,1-2H3. The first-order chi connectivity index (χ1) is 8.95. The normalized spacial score (nSPS) is 35.5. The Hall–Kier alpha value is -0.660. The van der Waals surface area contributed by atoms with Crippen molar-refractivity contribution in [2.24, 2.45) is 5.92 Å². The van der Waals surface area contributed by atoms with E-state index in [4.69, 9.17) is 9.47 Å². The highest BCUT2D eigenvalue weighted by atomic mass is 32.2. The van der Waals surface area contributed by atoms with Gasteiger partial charge in [-0.2, -0.15) is 0 Å². The highest BCUT2D eigenvalue weighted by molar-refractivity contribution is 7.90. The van der Waals surface area contributed by atoms with Crippen LogP contribution in [-0.4, -0.2) is 45.5 Å². The van der Waals surface area contributed by atoms with Crippen LogP contribution in [0.15, 0.2) is 0 Å². The molecule has 0 amide bonds. The van der Waals surface area contributed by atoms with Gasteiger partial charge < -0.3 is 9.47 Å². The first kappa shape index (κ1) is 14.7. The lowest BCUT2D eigenvalue weighted by Gasteiger charge is -2.22. The monoisotopic (exact) mass is 291 g/mol. The first-order valence-corrected chi connectivity index (χ1v) is 8.21. The third-order valence-electron chi connectivity index (χ3n) is 4.05. The van der Waals surface area contributed by atoms with E-state index in [-0.39, 0.29) is 12.1 Å². The Labute approximate surface area is 113 Å². The largest absolute Gasteiger partial charge is 0.469 e. The predicted molar refractivity (Wildman–Crippen MR) is 69.0 cm³/mol. The third-order valence-corrected chi connectivity index (χ3v) is 6.04. The van der Waals surface area contributed by atoms with Crippen molar-refractivity contribution in [1.82, 2.24) is 4.72 Å². The van der Waals surface area contributed by atoms with Gasteiger partial charge in [-0.3, -0.25) is 4.79 Å². The summed E-state index contributed by atoms with van der Waals surface area (Å²) in [6.45, 7) is 2.42. The molecule has 0 aromatic rings. The van der Waals surface area contributed by atoms with E-state index < -0.39 is 27.2 Å². The van der Waals surface area contributed by atoms with E-state index in [9.17, 15) is 13.2 Å². The molecular weight excluding hydrogens is 270 g/mol. The topological polar surface area (TPSA) is 81.7 Å². The maximum absolute atomic E-state index is 12.4. The molecule has 0 radical (unpaired) electrons. The molecule has 1 saturated carbocycles. The zero-order valence-electron chi connectivity index (χ0n) is 11.3. The number of carbonyl (C=O) groups excluding carboxylic acids is 1. The van der Waals surface area contributed by atoms with E-state index in [1.54, 1.807) is 0 Å². The smallest absolute Gasteiger partial charge is 0.310 e. The van der Waals surface area contributed by atoms with Gasteiger partial charge in [-0.25, -0.2) is 13.1 Å². The maximum Gasteiger partial charge on any atom is 0.310 e. The molecule has 2 rings (SSSR count). The Morgan fingerprint density at radius 3 is 2.63 bits per heavy atom. The minimum Gasteiger partial charge on any atom is -0.469 e. The van der Waals surface area contributed by atoms with Crippen LogP contribution >= 0.6 is 0 Å². The summed E-state index contributed by atoms with van der Waals surface area (Å²) in [5, 5.41) is -0.673. The first-order valence-electron chi connectivity index (χ1n) is 6.66. The molecule has 0 bridgehead atoms. The highest BCUT2D eigenvalue weighted by Gasteiger charge is 2.43. The molecule has 0 aromatic heterocycles. The van der Waals surface area contributed by atoms with Gasteiger partial charge in [-0.1, -0.05) is 6.42 Å². The molecule has 4 atom stereocenters. The van der Waals surface area contributed by atoms with E-state index in [1.807, 2.05) is 6.92 Å². The lowest BCUT2D eigenvalue weighted by Crippen LogP contribution is -2.46. The Bertz CT molecular complexity index is 435. The van der Waals surface area contributed by atoms with Gasteiger partial charge in [0.1, 0.15) is 0 Å². The van der Waals surface area contributed by atoms with Crippen LogP contribution in [-0.2, 0) is 24.3 Å². The fourth-order valence-electron chi connectivity index (χ4n) is 2.90. The second-order valence-corrected chi connectivity index (χ2v) is 7.16. The predicted octanol–water partition coefficient (Wildman–Crippen LogP) is 0.425. The molecule has 19 heavy (non-hydrogen) atoms. The number of sulfonamides is 1. The summed E-state index contributed by atoms with van der Waals surface area (Å²) in [5.41, 5.74) is 0. The number of hydrogen-bond donors (Lipinski definition) is 1. The number of esters is 1. The average molecular weight is 291 g/mol. The molecule has 4 unspecified atom stereocenters. The Kier molecular flexibility index (Phi) is 4.47. The van der Waals surface area contributed by atoms with Crippen molar-refractivity contribution in [2.75, 3.05) is 13.7 Å². The quantitative estimate of drug-likeness (QED) is 0.759. The van der Waals surface area contributed by atoms with E-state index in [0.717, 1.165) is 6.42 Å². The minimum atomic E-state index is -3.51. The van der Waals surface area contributed by atoms with Crippen LogP contribution in [0.4, 0.5) is 0 Å². The molecule has 1 saturated heterocycles. The van der Waals surface area contributed by atoms with Gasteiger partial charge in [0.25, 0.3) is 0 Å². The molecule has 7 heteroatoms. The van der Waals surface area contributed by atoms with Crippen molar-refractivity contribution in [3.8, 4) is 0 Å². The summed E-state index contributed by atoms with van der Waals surface area (Å²) in [4.78, 5) is 11.6. The van der Waals surface area contributed by atoms with E-state index >= 15 is 0 Å². The van der Waals surface area contributed by atoms with Crippen LogP contribution in [0.1, 0.15) is 32.6 Å². The fourth-order valence-corrected chi connectivity index (χ4v) is 4.97. The van der Waals surface area contributed by atoms with Gasteiger partial charge in [-0.05, 0) is 26.2 Å². The minimum absolute atomic E-state index is 0.118. The molecule has 1 N–H and O–H groups in total. The van der Waals surface area contributed by atoms with Gasteiger partial charge in [-0.15, -0.1) is 0 Å². The summed E-state index contributed by atoms with van der Waals surface area (Å²) in [7, 11) is -2.22. The number of hydrogen-bond acceptors (Lipinski definition) is 5. The fraction of sp³-hybridized carbons (Fsp3) is 0.917. The van der Waals surface area contributed by atoms with Gasteiger partial charge in [0.15, 0.2) is 0 Å². The SMILES string of the molecule is COC(=O)C1CCCC1S(=O)(=O)NC1CCOC1C. The van der Waals surface area contributed by atoms with Crippen LogP contribution in [0.5, 0.6) is 0 Å². The molecule has 110 valence electrons. The van der Waals surface area contributed by atoms with Gasteiger partial charge in [0.05, 0.1) is 24.4 Å². The van der Waals surface area contributed by atoms with Gasteiger partial charge in [0.2, 0.25) is 10.0 Å². The van der Waals surface area contributed by atoms with Crippen molar-refractivity contribution in [2.45, 2.75) is 50.0 Å². The number of rotatable bonds is 4. The van der Waals surface area contributed by atoms with Crippen molar-refractivity contribution >= 4 is 16.0 Å². The summed E-state index contributed by atoms with van der Waals surface area (Å²) < 4.78 is 37.5.